The highest BCUT2D eigenvalue weighted by Gasteiger charge is 2.50. The summed E-state index contributed by atoms with van der Waals surface area (Å²) < 4.78 is 12.4. The molecular weight excluding hydrogens is 416 g/mol. The summed E-state index contributed by atoms with van der Waals surface area (Å²) in [4.78, 5) is 23.5. The molecule has 2 aromatic carbocycles. The molecule has 168 valence electrons. The largest absolute Gasteiger partial charge is 0.453 e. The predicted molar refractivity (Wildman–Crippen MR) is 133 cm³/mol. The van der Waals surface area contributed by atoms with Crippen LogP contribution in [0, 0.1) is 0 Å². The molecule has 2 rings (SSSR count). The molecule has 0 N–H and O–H groups in total. The summed E-state index contributed by atoms with van der Waals surface area (Å²) in [5, 5.41) is 2.05. The molecule has 5 heteroatoms. The Hall–Kier alpha value is -3.02. The molecule has 0 radical (unpaired) electrons. The molecule has 0 saturated heterocycles. The molecule has 0 spiro atoms. The van der Waals surface area contributed by atoms with Gasteiger partial charge in [-0.05, 0) is 34.0 Å². The van der Waals surface area contributed by atoms with Crippen molar-refractivity contribution in [2.45, 2.75) is 38.8 Å². The molecule has 2 aromatic rings. The molecule has 0 heterocycles. The molecule has 1 atom stereocenters. The predicted octanol–water partition coefficient (Wildman–Crippen LogP) is 4.36. The van der Waals surface area contributed by atoms with Crippen molar-refractivity contribution >= 4 is 30.9 Å². The van der Waals surface area contributed by atoms with Gasteiger partial charge in [-0.25, -0.2) is 4.79 Å². The summed E-state index contributed by atoms with van der Waals surface area (Å²) in [5.41, 5.74) is 0.474. The van der Waals surface area contributed by atoms with E-state index in [1.807, 2.05) is 36.4 Å². The average Bonchev–Trinajstić information content (AvgIpc) is 2.78. The van der Waals surface area contributed by atoms with Gasteiger partial charge in [0.25, 0.3) is 8.32 Å². The molecule has 0 aliphatic heterocycles. The lowest BCUT2D eigenvalue weighted by molar-refractivity contribution is -0.142. The first-order valence-electron chi connectivity index (χ1n) is 10.6. The highest BCUT2D eigenvalue weighted by atomic mass is 28.4. The topological polar surface area (TPSA) is 52.6 Å². The zero-order chi connectivity index (χ0) is 23.6. The van der Waals surface area contributed by atoms with Gasteiger partial charge in [0.15, 0.2) is 0 Å². The maximum Gasteiger partial charge on any atom is 0.331 e. The zero-order valence-corrected chi connectivity index (χ0v) is 20.3. The number of rotatable bonds is 10. The van der Waals surface area contributed by atoms with E-state index in [-0.39, 0.29) is 11.6 Å². The highest BCUT2D eigenvalue weighted by Crippen LogP contribution is 2.36. The van der Waals surface area contributed by atoms with Crippen LogP contribution in [0.2, 0.25) is 5.04 Å². The number of carbonyl (C=O) groups is 2. The monoisotopic (exact) mass is 448 g/mol. The Labute approximate surface area is 192 Å². The summed E-state index contributed by atoms with van der Waals surface area (Å²) in [6.07, 6.45) is 5.98. The minimum Gasteiger partial charge on any atom is -0.453 e. The average molecular weight is 449 g/mol. The fourth-order valence-corrected chi connectivity index (χ4v) is 8.32. The number of esters is 1. The van der Waals surface area contributed by atoms with E-state index in [0.717, 1.165) is 16.7 Å². The number of benzene rings is 2. The van der Waals surface area contributed by atoms with Crippen molar-refractivity contribution < 1.29 is 18.8 Å². The smallest absolute Gasteiger partial charge is 0.331 e. The normalized spacial score (nSPS) is 13.6. The van der Waals surface area contributed by atoms with Crippen molar-refractivity contribution in [1.29, 1.82) is 0 Å². The SMILES string of the molecule is C=C/C=C/C(=O)O[C@H](/C=C(\C)C=O)CO[Si](c1ccccc1)(c1ccccc1)C(C)(C)C. The van der Waals surface area contributed by atoms with E-state index in [1.165, 1.54) is 18.2 Å². The molecule has 4 nitrogen and oxygen atoms in total. The minimum absolute atomic E-state index is 0.131. The minimum atomic E-state index is -2.79. The molecule has 0 saturated carbocycles. The van der Waals surface area contributed by atoms with Crippen molar-refractivity contribution in [3.8, 4) is 0 Å². The Morgan fingerprint density at radius 1 is 1.03 bits per heavy atom. The van der Waals surface area contributed by atoms with E-state index in [0.29, 0.717) is 5.57 Å². The lowest BCUT2D eigenvalue weighted by Gasteiger charge is -2.43. The first kappa shape index (κ1) is 25.2. The molecule has 0 bridgehead atoms. The maximum atomic E-state index is 12.2. The molecule has 0 aromatic heterocycles. The van der Waals surface area contributed by atoms with Crippen LogP contribution in [0.5, 0.6) is 0 Å². The number of ether oxygens (including phenoxy) is 1. The second kappa shape index (κ2) is 11.6. The summed E-state index contributed by atoms with van der Waals surface area (Å²) in [6, 6.07) is 20.5. The molecule has 0 aliphatic carbocycles. The van der Waals surface area contributed by atoms with Crippen LogP contribution in [0.3, 0.4) is 0 Å². The number of allylic oxidation sites excluding steroid dienone is 3. The van der Waals surface area contributed by atoms with Crippen LogP contribution >= 0.6 is 0 Å². The second-order valence-electron chi connectivity index (χ2n) is 8.57. The van der Waals surface area contributed by atoms with Crippen LogP contribution in [0.1, 0.15) is 27.7 Å². The van der Waals surface area contributed by atoms with Gasteiger partial charge in [-0.2, -0.15) is 0 Å². The van der Waals surface area contributed by atoms with Gasteiger partial charge in [-0.15, -0.1) is 0 Å². The van der Waals surface area contributed by atoms with Crippen molar-refractivity contribution in [2.75, 3.05) is 6.61 Å². The van der Waals surface area contributed by atoms with Gasteiger partial charge in [0.05, 0.1) is 6.61 Å². The van der Waals surface area contributed by atoms with Gasteiger partial charge in [0, 0.05) is 6.08 Å². The first-order valence-corrected chi connectivity index (χ1v) is 12.5. The van der Waals surface area contributed by atoms with Crippen LogP contribution in [-0.2, 0) is 18.8 Å². The van der Waals surface area contributed by atoms with E-state index in [1.54, 1.807) is 13.0 Å². The third-order valence-electron chi connectivity index (χ3n) is 5.15. The summed E-state index contributed by atoms with van der Waals surface area (Å²) in [6.45, 7) is 11.9. The summed E-state index contributed by atoms with van der Waals surface area (Å²) in [5.74, 6) is -0.518. The molecule has 0 amide bonds. The molecule has 0 fully saturated rings. The Morgan fingerprint density at radius 2 is 1.56 bits per heavy atom. The van der Waals surface area contributed by atoms with Crippen molar-refractivity contribution in [3.63, 3.8) is 0 Å². The number of aldehydes is 1. The van der Waals surface area contributed by atoms with Crippen LogP contribution in [0.25, 0.3) is 0 Å². The highest BCUT2D eigenvalue weighted by molar-refractivity contribution is 6.99. The zero-order valence-electron chi connectivity index (χ0n) is 19.3. The maximum absolute atomic E-state index is 12.2. The fourth-order valence-electron chi connectivity index (χ4n) is 3.75. The van der Waals surface area contributed by atoms with E-state index in [2.05, 4.69) is 51.6 Å². The third-order valence-corrected chi connectivity index (χ3v) is 10.2. The first-order chi connectivity index (χ1) is 15.2. The van der Waals surface area contributed by atoms with Crippen molar-refractivity contribution in [2.24, 2.45) is 0 Å². The number of hydrogen-bond donors (Lipinski definition) is 0. The van der Waals surface area contributed by atoms with Crippen LogP contribution in [0.4, 0.5) is 0 Å². The summed E-state index contributed by atoms with van der Waals surface area (Å²) >= 11 is 0. The lowest BCUT2D eigenvalue weighted by Crippen LogP contribution is -2.67. The molecular formula is C27H32O4Si. The number of hydrogen-bond acceptors (Lipinski definition) is 4. The Morgan fingerprint density at radius 3 is 2.00 bits per heavy atom. The molecule has 32 heavy (non-hydrogen) atoms. The van der Waals surface area contributed by atoms with Gasteiger partial charge in [-0.1, -0.05) is 100 Å². The van der Waals surface area contributed by atoms with Gasteiger partial charge in [0.1, 0.15) is 12.4 Å². The van der Waals surface area contributed by atoms with Crippen molar-refractivity contribution in [3.05, 3.63) is 97.1 Å². The Kier molecular flexibility index (Phi) is 9.11. The third kappa shape index (κ3) is 6.25. The van der Waals surface area contributed by atoms with Crippen molar-refractivity contribution in [1.82, 2.24) is 0 Å². The van der Waals surface area contributed by atoms with Crippen LogP contribution in [0.15, 0.2) is 97.1 Å². The van der Waals surface area contributed by atoms with Gasteiger partial charge < -0.3 is 9.16 Å². The summed E-state index contributed by atoms with van der Waals surface area (Å²) in [7, 11) is -2.79. The van der Waals surface area contributed by atoms with Gasteiger partial charge in [0.2, 0.25) is 0 Å². The Bertz CT molecular complexity index is 917. The van der Waals surface area contributed by atoms with Crippen LogP contribution in [-0.4, -0.2) is 33.3 Å². The second-order valence-corrected chi connectivity index (χ2v) is 12.9. The molecule has 0 aliphatic rings. The quantitative estimate of drug-likeness (QED) is 0.178. The molecule has 0 unspecified atom stereocenters. The van der Waals surface area contributed by atoms with E-state index in [4.69, 9.17) is 9.16 Å². The standard InChI is InChI=1S/C27H32O4Si/c1-6-7-18-26(29)31-23(19-22(2)20-28)21-30-32(27(3,4)5,24-14-10-8-11-15-24)25-16-12-9-13-17-25/h6-20,23H,1,21H2,2-5H3/b18-7+,22-19+/t23-/m1/s1. The van der Waals surface area contributed by atoms with E-state index >= 15 is 0 Å². The van der Waals surface area contributed by atoms with E-state index in [9.17, 15) is 9.59 Å². The van der Waals surface area contributed by atoms with Crippen LogP contribution < -0.4 is 10.4 Å². The lowest BCUT2D eigenvalue weighted by atomic mass is 10.2. The van der Waals surface area contributed by atoms with E-state index < -0.39 is 20.4 Å². The Balaban J connectivity index is 2.51. The number of carbonyl (C=O) groups excluding carboxylic acids is 2. The van der Waals surface area contributed by atoms with Gasteiger partial charge in [-0.3, -0.25) is 4.79 Å². The van der Waals surface area contributed by atoms with Gasteiger partial charge >= 0.3 is 5.97 Å². The fraction of sp³-hybridized carbons (Fsp3) is 0.259.